The highest BCUT2D eigenvalue weighted by Gasteiger charge is 2.10. The molecule has 1 N–H and O–H groups in total. The molecule has 3 rings (SSSR count). The van der Waals surface area contributed by atoms with Crippen molar-refractivity contribution in [2.75, 3.05) is 7.05 Å². The van der Waals surface area contributed by atoms with E-state index in [0.29, 0.717) is 0 Å². The molecule has 0 aliphatic heterocycles. The van der Waals surface area contributed by atoms with Crippen molar-refractivity contribution in [3.63, 3.8) is 0 Å². The molecule has 0 radical (unpaired) electrons. The van der Waals surface area contributed by atoms with Gasteiger partial charge in [0.25, 0.3) is 0 Å². The predicted octanol–water partition coefficient (Wildman–Crippen LogP) is 3.00. The Hall–Kier alpha value is -2.13. The Morgan fingerprint density at radius 1 is 1.11 bits per heavy atom. The number of benzene rings is 2. The van der Waals surface area contributed by atoms with Gasteiger partial charge >= 0.3 is 0 Å². The Bertz CT molecular complexity index is 659. The molecule has 0 spiro atoms. The molecule has 1 heterocycles. The van der Waals surface area contributed by atoms with Gasteiger partial charge in [-0.05, 0) is 35.5 Å². The maximum atomic E-state index is 4.27. The molecule has 0 aliphatic rings. The van der Waals surface area contributed by atoms with Crippen molar-refractivity contribution in [3.8, 4) is 0 Å². The van der Waals surface area contributed by atoms with Gasteiger partial charge in [-0.1, -0.05) is 36.4 Å². The average molecular weight is 251 g/mol. The molecule has 3 nitrogen and oxygen atoms in total. The summed E-state index contributed by atoms with van der Waals surface area (Å²) in [6.45, 7) is 0.835. The molecule has 0 saturated heterocycles. The van der Waals surface area contributed by atoms with E-state index < -0.39 is 0 Å². The zero-order chi connectivity index (χ0) is 13.1. The highest BCUT2D eigenvalue weighted by Crippen LogP contribution is 2.21. The SMILES string of the molecule is CNC(Cn1cccn1)c1ccc2ccccc2c1. The first-order valence-corrected chi connectivity index (χ1v) is 6.50. The first kappa shape index (κ1) is 11.9. The number of rotatable bonds is 4. The van der Waals surface area contributed by atoms with Gasteiger partial charge in [0.1, 0.15) is 0 Å². The van der Waals surface area contributed by atoms with Crippen LogP contribution in [0, 0.1) is 0 Å². The number of hydrogen-bond acceptors (Lipinski definition) is 2. The Morgan fingerprint density at radius 3 is 2.68 bits per heavy atom. The number of likely N-dealkylation sites (N-methyl/N-ethyl adjacent to an activating group) is 1. The first-order chi connectivity index (χ1) is 9.36. The Kier molecular flexibility index (Phi) is 3.29. The van der Waals surface area contributed by atoms with Gasteiger partial charge in [-0.15, -0.1) is 0 Å². The fourth-order valence-corrected chi connectivity index (χ4v) is 2.38. The van der Waals surface area contributed by atoms with E-state index in [4.69, 9.17) is 0 Å². The summed E-state index contributed by atoms with van der Waals surface area (Å²) < 4.78 is 1.95. The normalized spacial score (nSPS) is 12.7. The van der Waals surface area contributed by atoms with Crippen molar-refractivity contribution in [3.05, 3.63) is 66.5 Å². The van der Waals surface area contributed by atoms with E-state index >= 15 is 0 Å². The minimum Gasteiger partial charge on any atom is -0.311 e. The molecular weight excluding hydrogens is 234 g/mol. The van der Waals surface area contributed by atoms with Crippen LogP contribution in [0.4, 0.5) is 0 Å². The highest BCUT2D eigenvalue weighted by molar-refractivity contribution is 5.83. The van der Waals surface area contributed by atoms with E-state index in [-0.39, 0.29) is 6.04 Å². The van der Waals surface area contributed by atoms with Gasteiger partial charge in [0.15, 0.2) is 0 Å². The van der Waals surface area contributed by atoms with E-state index in [1.165, 1.54) is 16.3 Å². The zero-order valence-corrected chi connectivity index (χ0v) is 11.0. The number of aromatic nitrogens is 2. The monoisotopic (exact) mass is 251 g/mol. The second kappa shape index (κ2) is 5.24. The smallest absolute Gasteiger partial charge is 0.0604 e. The minimum absolute atomic E-state index is 0.268. The van der Waals surface area contributed by atoms with Gasteiger partial charge in [-0.2, -0.15) is 5.10 Å². The van der Waals surface area contributed by atoms with Crippen LogP contribution in [0.3, 0.4) is 0 Å². The van der Waals surface area contributed by atoms with Crippen molar-refractivity contribution in [1.29, 1.82) is 0 Å². The van der Waals surface area contributed by atoms with Crippen LogP contribution in [-0.4, -0.2) is 16.8 Å². The summed E-state index contributed by atoms with van der Waals surface area (Å²) in [5.74, 6) is 0. The summed E-state index contributed by atoms with van der Waals surface area (Å²) in [7, 11) is 1.99. The molecule has 1 unspecified atom stereocenters. The lowest BCUT2D eigenvalue weighted by atomic mass is 10.0. The molecule has 0 saturated carbocycles. The van der Waals surface area contributed by atoms with Crippen LogP contribution in [0.5, 0.6) is 0 Å². The predicted molar refractivity (Wildman–Crippen MR) is 78.0 cm³/mol. The number of hydrogen-bond donors (Lipinski definition) is 1. The molecule has 3 heteroatoms. The fourth-order valence-electron chi connectivity index (χ4n) is 2.38. The van der Waals surface area contributed by atoms with E-state index in [9.17, 15) is 0 Å². The summed E-state index contributed by atoms with van der Waals surface area (Å²) in [5, 5.41) is 10.2. The third-order valence-electron chi connectivity index (χ3n) is 3.45. The van der Waals surface area contributed by atoms with Crippen LogP contribution in [0.15, 0.2) is 60.9 Å². The van der Waals surface area contributed by atoms with E-state index in [2.05, 4.69) is 52.9 Å². The molecule has 19 heavy (non-hydrogen) atoms. The van der Waals surface area contributed by atoms with Gasteiger partial charge < -0.3 is 5.32 Å². The Labute approximate surface area is 112 Å². The van der Waals surface area contributed by atoms with Crippen molar-refractivity contribution >= 4 is 10.8 Å². The number of nitrogens with zero attached hydrogens (tertiary/aromatic N) is 2. The van der Waals surface area contributed by atoms with Crippen molar-refractivity contribution < 1.29 is 0 Å². The number of nitrogens with one attached hydrogen (secondary N) is 1. The van der Waals surface area contributed by atoms with Crippen molar-refractivity contribution in [1.82, 2.24) is 15.1 Å². The van der Waals surface area contributed by atoms with Gasteiger partial charge in [0, 0.05) is 12.4 Å². The summed E-state index contributed by atoms with van der Waals surface area (Å²) in [4.78, 5) is 0. The minimum atomic E-state index is 0.268. The molecule has 0 bridgehead atoms. The van der Waals surface area contributed by atoms with Crippen LogP contribution in [0.25, 0.3) is 10.8 Å². The maximum Gasteiger partial charge on any atom is 0.0604 e. The largest absolute Gasteiger partial charge is 0.311 e. The lowest BCUT2D eigenvalue weighted by Gasteiger charge is -2.17. The van der Waals surface area contributed by atoms with Crippen LogP contribution in [0.1, 0.15) is 11.6 Å². The van der Waals surface area contributed by atoms with Gasteiger partial charge in [-0.25, -0.2) is 0 Å². The second-order valence-corrected chi connectivity index (χ2v) is 4.68. The fraction of sp³-hybridized carbons (Fsp3) is 0.188. The van der Waals surface area contributed by atoms with E-state index in [1.807, 2.05) is 30.2 Å². The van der Waals surface area contributed by atoms with Gasteiger partial charge in [-0.3, -0.25) is 4.68 Å². The molecule has 0 aliphatic carbocycles. The topological polar surface area (TPSA) is 29.9 Å². The van der Waals surface area contributed by atoms with Crippen molar-refractivity contribution in [2.24, 2.45) is 0 Å². The highest BCUT2D eigenvalue weighted by atomic mass is 15.3. The lowest BCUT2D eigenvalue weighted by molar-refractivity contribution is 0.468. The number of fused-ring (bicyclic) bond motifs is 1. The molecule has 1 aromatic heterocycles. The zero-order valence-electron chi connectivity index (χ0n) is 11.0. The van der Waals surface area contributed by atoms with Crippen LogP contribution in [-0.2, 0) is 6.54 Å². The first-order valence-electron chi connectivity index (χ1n) is 6.50. The second-order valence-electron chi connectivity index (χ2n) is 4.68. The maximum absolute atomic E-state index is 4.27. The van der Waals surface area contributed by atoms with Gasteiger partial charge in [0.05, 0.1) is 12.6 Å². The molecule has 1 atom stereocenters. The molecule has 3 aromatic rings. The van der Waals surface area contributed by atoms with Crippen LogP contribution < -0.4 is 5.32 Å². The lowest BCUT2D eigenvalue weighted by Crippen LogP contribution is -2.22. The summed E-state index contributed by atoms with van der Waals surface area (Å²) in [6, 6.07) is 17.3. The standard InChI is InChI=1S/C16H17N3/c1-17-16(12-19-10-4-9-18-19)15-8-7-13-5-2-3-6-14(13)11-15/h2-11,16-17H,12H2,1H3. The molecular formula is C16H17N3. The molecule has 96 valence electrons. The Balaban J connectivity index is 1.92. The molecule has 0 fully saturated rings. The van der Waals surface area contributed by atoms with E-state index in [0.717, 1.165) is 6.54 Å². The van der Waals surface area contributed by atoms with Gasteiger partial charge in [0.2, 0.25) is 0 Å². The average Bonchev–Trinajstić information content (AvgIpc) is 2.97. The summed E-state index contributed by atoms with van der Waals surface area (Å²) in [5.41, 5.74) is 1.29. The van der Waals surface area contributed by atoms with E-state index in [1.54, 1.807) is 0 Å². The third-order valence-corrected chi connectivity index (χ3v) is 3.45. The third kappa shape index (κ3) is 2.51. The summed E-state index contributed by atoms with van der Waals surface area (Å²) >= 11 is 0. The van der Waals surface area contributed by atoms with Crippen LogP contribution >= 0.6 is 0 Å². The Morgan fingerprint density at radius 2 is 1.95 bits per heavy atom. The molecule has 2 aromatic carbocycles. The van der Waals surface area contributed by atoms with Crippen molar-refractivity contribution in [2.45, 2.75) is 12.6 Å². The van der Waals surface area contributed by atoms with Crippen LogP contribution in [0.2, 0.25) is 0 Å². The molecule has 0 amide bonds. The quantitative estimate of drug-likeness (QED) is 0.772. The summed E-state index contributed by atoms with van der Waals surface area (Å²) in [6.07, 6.45) is 3.80.